The lowest BCUT2D eigenvalue weighted by Gasteiger charge is -2.18. The molecule has 2 aromatic rings. The second-order valence-electron chi connectivity index (χ2n) is 7.50. The van der Waals surface area contributed by atoms with Crippen LogP contribution in [0.25, 0.3) is 0 Å². The Morgan fingerprint density at radius 3 is 1.58 bits per heavy atom. The van der Waals surface area contributed by atoms with Crippen LogP contribution in [0.5, 0.6) is 11.5 Å². The normalized spacial score (nSPS) is 19.4. The van der Waals surface area contributed by atoms with E-state index in [1.54, 1.807) is 48.5 Å². The van der Waals surface area contributed by atoms with Crippen molar-refractivity contribution in [1.82, 2.24) is 0 Å². The first-order valence-electron chi connectivity index (χ1n) is 9.87. The molecule has 0 bridgehead atoms. The van der Waals surface area contributed by atoms with E-state index >= 15 is 0 Å². The third-order valence-electron chi connectivity index (χ3n) is 5.26. The summed E-state index contributed by atoms with van der Waals surface area (Å²) in [6.45, 7) is 0. The number of nitrogens with one attached hydrogen (secondary N) is 2. The molecule has 2 amide bonds. The number of sulfone groups is 1. The highest BCUT2D eigenvalue weighted by molar-refractivity contribution is 7.91. The summed E-state index contributed by atoms with van der Waals surface area (Å²) in [7, 11) is -0.307. The van der Waals surface area contributed by atoms with Crippen molar-refractivity contribution in [3.05, 3.63) is 48.5 Å². The zero-order chi connectivity index (χ0) is 22.4. The Labute approximate surface area is 181 Å². The Bertz CT molecular complexity index is 976. The third kappa shape index (κ3) is 5.97. The lowest BCUT2D eigenvalue weighted by atomic mass is 9.89. The summed E-state index contributed by atoms with van der Waals surface area (Å²) in [4.78, 5) is 25.1. The maximum Gasteiger partial charge on any atom is 0.224 e. The van der Waals surface area contributed by atoms with Gasteiger partial charge in [-0.25, -0.2) is 8.42 Å². The molecular formula is C22H26N2O6S. The van der Waals surface area contributed by atoms with Crippen LogP contribution in [-0.2, 0) is 19.4 Å². The van der Waals surface area contributed by atoms with Crippen molar-refractivity contribution >= 4 is 33.0 Å². The van der Waals surface area contributed by atoms with Gasteiger partial charge in [0.1, 0.15) is 11.5 Å². The summed E-state index contributed by atoms with van der Waals surface area (Å²) < 4.78 is 34.9. The van der Waals surface area contributed by atoms with Gasteiger partial charge in [0.15, 0.2) is 9.84 Å². The number of methoxy groups -OCH3 is 2. The van der Waals surface area contributed by atoms with Crippen LogP contribution in [0, 0.1) is 11.8 Å². The quantitative estimate of drug-likeness (QED) is 0.645. The van der Waals surface area contributed by atoms with E-state index in [0.29, 0.717) is 22.9 Å². The van der Waals surface area contributed by atoms with Crippen molar-refractivity contribution in [3.63, 3.8) is 0 Å². The summed E-state index contributed by atoms with van der Waals surface area (Å²) in [6.07, 6.45) is 0.00771. The van der Waals surface area contributed by atoms with E-state index in [-0.39, 0.29) is 36.2 Å². The third-order valence-corrected chi connectivity index (χ3v) is 7.13. The molecule has 0 aromatic heterocycles. The Kier molecular flexibility index (Phi) is 7.17. The number of para-hydroxylation sites is 4. The minimum absolute atomic E-state index is 0.00385. The van der Waals surface area contributed by atoms with E-state index in [0.717, 1.165) is 0 Å². The maximum atomic E-state index is 12.6. The zero-order valence-electron chi connectivity index (χ0n) is 17.5. The molecule has 3 rings (SSSR count). The van der Waals surface area contributed by atoms with Crippen molar-refractivity contribution in [2.45, 2.75) is 12.8 Å². The van der Waals surface area contributed by atoms with Gasteiger partial charge in [-0.2, -0.15) is 0 Å². The van der Waals surface area contributed by atoms with Crippen LogP contribution in [-0.4, -0.2) is 46.0 Å². The van der Waals surface area contributed by atoms with Crippen LogP contribution in [0.1, 0.15) is 12.8 Å². The first-order chi connectivity index (χ1) is 14.8. The first kappa shape index (κ1) is 22.6. The molecule has 2 aromatic carbocycles. The number of amides is 2. The summed E-state index contributed by atoms with van der Waals surface area (Å²) >= 11 is 0. The predicted molar refractivity (Wildman–Crippen MR) is 118 cm³/mol. The highest BCUT2D eigenvalue weighted by atomic mass is 32.2. The summed E-state index contributed by atoms with van der Waals surface area (Å²) in [5.41, 5.74) is 1.03. The van der Waals surface area contributed by atoms with Crippen LogP contribution in [0.4, 0.5) is 11.4 Å². The number of ether oxygens (including phenoxy) is 2. The molecule has 0 aliphatic carbocycles. The second kappa shape index (κ2) is 9.82. The van der Waals surface area contributed by atoms with E-state index in [9.17, 15) is 18.0 Å². The van der Waals surface area contributed by atoms with Crippen molar-refractivity contribution in [2.24, 2.45) is 11.8 Å². The molecule has 0 saturated carbocycles. The van der Waals surface area contributed by atoms with Gasteiger partial charge in [-0.1, -0.05) is 24.3 Å². The molecule has 2 N–H and O–H groups in total. The largest absolute Gasteiger partial charge is 0.495 e. The number of hydrogen-bond donors (Lipinski definition) is 2. The lowest BCUT2D eigenvalue weighted by Crippen LogP contribution is -2.25. The Morgan fingerprint density at radius 1 is 0.806 bits per heavy atom. The van der Waals surface area contributed by atoms with Gasteiger partial charge >= 0.3 is 0 Å². The number of carbonyl (C=O) groups excluding carboxylic acids is 2. The molecule has 1 fully saturated rings. The molecule has 31 heavy (non-hydrogen) atoms. The van der Waals surface area contributed by atoms with E-state index in [1.165, 1.54) is 14.2 Å². The fourth-order valence-corrected chi connectivity index (χ4v) is 6.04. The van der Waals surface area contributed by atoms with Gasteiger partial charge in [0.2, 0.25) is 11.8 Å². The minimum atomic E-state index is -3.32. The van der Waals surface area contributed by atoms with E-state index < -0.39 is 21.7 Å². The van der Waals surface area contributed by atoms with Crippen LogP contribution in [0.15, 0.2) is 48.5 Å². The lowest BCUT2D eigenvalue weighted by molar-refractivity contribution is -0.119. The summed E-state index contributed by atoms with van der Waals surface area (Å²) in [6, 6.07) is 14.0. The Hall–Kier alpha value is -3.07. The molecular weight excluding hydrogens is 420 g/mol. The Balaban J connectivity index is 1.65. The molecule has 0 spiro atoms. The average molecular weight is 447 g/mol. The predicted octanol–water partition coefficient (Wildman–Crippen LogP) is 2.72. The van der Waals surface area contributed by atoms with Crippen LogP contribution in [0.2, 0.25) is 0 Å². The monoisotopic (exact) mass is 446 g/mol. The molecule has 1 aliphatic heterocycles. The molecule has 166 valence electrons. The molecule has 1 aliphatic rings. The van der Waals surface area contributed by atoms with Gasteiger partial charge in [0.25, 0.3) is 0 Å². The van der Waals surface area contributed by atoms with Crippen LogP contribution < -0.4 is 20.1 Å². The van der Waals surface area contributed by atoms with Gasteiger partial charge in [-0.15, -0.1) is 0 Å². The van der Waals surface area contributed by atoms with Gasteiger partial charge in [-0.3, -0.25) is 9.59 Å². The molecule has 0 radical (unpaired) electrons. The fourth-order valence-electron chi connectivity index (χ4n) is 3.82. The van der Waals surface area contributed by atoms with E-state index in [1.807, 2.05) is 0 Å². The Morgan fingerprint density at radius 2 is 1.19 bits per heavy atom. The van der Waals surface area contributed by atoms with E-state index in [2.05, 4.69) is 10.6 Å². The number of anilines is 2. The molecule has 9 heteroatoms. The highest BCUT2D eigenvalue weighted by Gasteiger charge is 2.39. The smallest absolute Gasteiger partial charge is 0.224 e. The second-order valence-corrected chi connectivity index (χ2v) is 9.66. The van der Waals surface area contributed by atoms with Crippen molar-refractivity contribution < 1.29 is 27.5 Å². The minimum Gasteiger partial charge on any atom is -0.495 e. The summed E-state index contributed by atoms with van der Waals surface area (Å²) in [5, 5.41) is 5.54. The summed E-state index contributed by atoms with van der Waals surface area (Å²) in [5.74, 6) is -0.710. The molecule has 2 atom stereocenters. The SMILES string of the molecule is COc1ccccc1NC(=O)C[C@H]1CS(=O)(=O)C[C@@H]1CC(=O)Nc1ccccc1OC. The molecule has 0 unspecified atom stereocenters. The first-order valence-corrected chi connectivity index (χ1v) is 11.7. The van der Waals surface area contributed by atoms with Gasteiger partial charge in [0.05, 0.1) is 37.1 Å². The fraction of sp³-hybridized carbons (Fsp3) is 0.364. The van der Waals surface area contributed by atoms with E-state index in [4.69, 9.17) is 9.47 Å². The maximum absolute atomic E-state index is 12.6. The van der Waals surface area contributed by atoms with Crippen LogP contribution in [0.3, 0.4) is 0 Å². The number of benzene rings is 2. The van der Waals surface area contributed by atoms with Gasteiger partial charge < -0.3 is 20.1 Å². The van der Waals surface area contributed by atoms with Gasteiger partial charge in [0, 0.05) is 12.8 Å². The molecule has 1 saturated heterocycles. The van der Waals surface area contributed by atoms with Crippen molar-refractivity contribution in [2.75, 3.05) is 36.4 Å². The number of hydrogen-bond acceptors (Lipinski definition) is 6. The standard InChI is InChI=1S/C22H26N2O6S/c1-29-19-9-5-3-7-17(19)23-21(25)11-15-13-31(27,28)14-16(15)12-22(26)24-18-8-4-6-10-20(18)30-2/h3-10,15-16H,11-14H2,1-2H3,(H,23,25)(H,24,26)/t15-,16-/m0/s1. The van der Waals surface area contributed by atoms with Crippen molar-refractivity contribution in [1.29, 1.82) is 0 Å². The zero-order valence-corrected chi connectivity index (χ0v) is 18.3. The number of carbonyl (C=O) groups is 2. The van der Waals surface area contributed by atoms with Crippen molar-refractivity contribution in [3.8, 4) is 11.5 Å². The molecule has 1 heterocycles. The molecule has 8 nitrogen and oxygen atoms in total. The topological polar surface area (TPSA) is 111 Å². The highest BCUT2D eigenvalue weighted by Crippen LogP contribution is 2.33. The number of rotatable bonds is 8. The average Bonchev–Trinajstić information content (AvgIpc) is 3.01. The van der Waals surface area contributed by atoms with Gasteiger partial charge in [-0.05, 0) is 36.1 Å². The van der Waals surface area contributed by atoms with Crippen LogP contribution >= 0.6 is 0 Å².